The van der Waals surface area contributed by atoms with E-state index in [1.54, 1.807) is 0 Å². The van der Waals surface area contributed by atoms with Crippen LogP contribution in [0.3, 0.4) is 0 Å². The van der Waals surface area contributed by atoms with Gasteiger partial charge in [-0.1, -0.05) is 115 Å². The first-order valence-electron chi connectivity index (χ1n) is 13.2. The van der Waals surface area contributed by atoms with E-state index in [0.29, 0.717) is 0 Å². The van der Waals surface area contributed by atoms with Crippen molar-refractivity contribution in [2.24, 2.45) is 0 Å². The minimum atomic E-state index is -0.407. The van der Waals surface area contributed by atoms with Gasteiger partial charge in [-0.3, -0.25) is 0 Å². The third-order valence-corrected chi connectivity index (χ3v) is 9.85. The lowest BCUT2D eigenvalue weighted by Gasteiger charge is -2.35. The molecule has 0 nitrogen and oxygen atoms in total. The molecule has 38 heavy (non-hydrogen) atoms. The van der Waals surface area contributed by atoms with Gasteiger partial charge >= 0.3 is 0 Å². The van der Waals surface area contributed by atoms with E-state index in [9.17, 15) is 0 Å². The van der Waals surface area contributed by atoms with Crippen LogP contribution in [0.5, 0.6) is 0 Å². The molecule has 1 heteroatoms. The first-order chi connectivity index (χ1) is 18.9. The van der Waals surface area contributed by atoms with Crippen LogP contribution in [0.4, 0.5) is 0 Å². The molecule has 1 heterocycles. The van der Waals surface area contributed by atoms with Crippen LogP contribution in [-0.4, -0.2) is 0 Å². The van der Waals surface area contributed by atoms with E-state index in [1.807, 2.05) is 11.3 Å². The first-order valence-corrected chi connectivity index (χ1v) is 14.0. The zero-order valence-electron chi connectivity index (χ0n) is 20.6. The molecule has 9 rings (SSSR count). The second-order valence-corrected chi connectivity index (χ2v) is 11.5. The Morgan fingerprint density at radius 2 is 0.816 bits per heavy atom. The molecule has 2 aliphatic carbocycles. The molecule has 0 fully saturated rings. The van der Waals surface area contributed by atoms with Gasteiger partial charge in [0.25, 0.3) is 0 Å². The lowest BCUT2D eigenvalue weighted by atomic mass is 9.66. The fourth-order valence-corrected chi connectivity index (χ4v) is 8.39. The largest absolute Gasteiger partial charge is 0.135 e. The number of fused-ring (bicyclic) bond motifs is 15. The van der Waals surface area contributed by atoms with Crippen molar-refractivity contribution in [3.63, 3.8) is 0 Å². The van der Waals surface area contributed by atoms with E-state index in [1.165, 1.54) is 75.8 Å². The normalized spacial score (nSPS) is 14.0. The van der Waals surface area contributed by atoms with Gasteiger partial charge in [-0.25, -0.2) is 0 Å². The van der Waals surface area contributed by atoms with Crippen LogP contribution >= 0.6 is 11.3 Å². The fourth-order valence-electron chi connectivity index (χ4n) is 7.26. The van der Waals surface area contributed by atoms with Crippen molar-refractivity contribution in [1.29, 1.82) is 0 Å². The molecule has 176 valence electrons. The summed E-state index contributed by atoms with van der Waals surface area (Å²) in [5.41, 5.74) is 13.0. The Morgan fingerprint density at radius 3 is 1.42 bits per heavy atom. The molecule has 0 amide bonds. The Hall–Kier alpha value is -4.46. The number of hydrogen-bond donors (Lipinski definition) is 0. The molecule has 1 spiro atoms. The molecule has 0 aliphatic heterocycles. The summed E-state index contributed by atoms with van der Waals surface area (Å²) in [4.78, 5) is 0. The van der Waals surface area contributed by atoms with Crippen LogP contribution < -0.4 is 0 Å². The predicted molar refractivity (Wildman–Crippen MR) is 161 cm³/mol. The maximum absolute atomic E-state index is 2.52. The Morgan fingerprint density at radius 1 is 0.342 bits per heavy atom. The molecular weight excluding hydrogens is 476 g/mol. The highest BCUT2D eigenvalue weighted by Crippen LogP contribution is 2.62. The maximum atomic E-state index is 2.52. The lowest BCUT2D eigenvalue weighted by Crippen LogP contribution is -2.29. The SMILES string of the molecule is c1ccc2c(c1)-c1ccccc1C1(c3ccccc3-2)c2ccccc2-c2cc3sc4ccccc4c3cc21. The van der Waals surface area contributed by atoms with Crippen molar-refractivity contribution < 1.29 is 0 Å². The highest BCUT2D eigenvalue weighted by atomic mass is 32.1. The standard InChI is InChI=1S/C37H22S/c1-2-12-24-23(11-1)25-13-3-7-17-31(25)37(32-18-8-4-14-26(24)32)33-19-9-5-15-27(33)29-22-36-30(21-34(29)37)28-16-6-10-20-35(28)38-36/h1-22H. The monoisotopic (exact) mass is 498 g/mol. The number of benzene rings is 6. The lowest BCUT2D eigenvalue weighted by molar-refractivity contribution is 0.776. The van der Waals surface area contributed by atoms with E-state index in [4.69, 9.17) is 0 Å². The molecule has 0 unspecified atom stereocenters. The second-order valence-electron chi connectivity index (χ2n) is 10.4. The van der Waals surface area contributed by atoms with Crippen LogP contribution in [0.25, 0.3) is 53.6 Å². The first kappa shape index (κ1) is 20.6. The van der Waals surface area contributed by atoms with Gasteiger partial charge in [0, 0.05) is 20.2 Å². The van der Waals surface area contributed by atoms with Crippen LogP contribution in [0, 0.1) is 0 Å². The zero-order chi connectivity index (χ0) is 24.8. The number of thiophene rings is 1. The van der Waals surface area contributed by atoms with Crippen molar-refractivity contribution in [3.05, 3.63) is 156 Å². The van der Waals surface area contributed by atoms with E-state index >= 15 is 0 Å². The zero-order valence-corrected chi connectivity index (χ0v) is 21.4. The van der Waals surface area contributed by atoms with E-state index in [2.05, 4.69) is 133 Å². The molecule has 1 aromatic heterocycles. The highest BCUT2D eigenvalue weighted by Gasteiger charge is 2.49. The third kappa shape index (κ3) is 2.41. The molecule has 0 saturated carbocycles. The summed E-state index contributed by atoms with van der Waals surface area (Å²) in [5.74, 6) is 0. The molecule has 0 bridgehead atoms. The van der Waals surface area contributed by atoms with E-state index in [0.717, 1.165) is 0 Å². The van der Waals surface area contributed by atoms with E-state index in [-0.39, 0.29) is 0 Å². The Bertz CT molecular complexity index is 2020. The summed E-state index contributed by atoms with van der Waals surface area (Å²) in [5, 5.41) is 2.70. The molecule has 6 aromatic carbocycles. The fraction of sp³-hybridized carbons (Fsp3) is 0.0270. The van der Waals surface area contributed by atoms with Gasteiger partial charge in [0.15, 0.2) is 0 Å². The minimum Gasteiger partial charge on any atom is -0.135 e. The van der Waals surface area contributed by atoms with Crippen LogP contribution in [0.1, 0.15) is 22.3 Å². The van der Waals surface area contributed by atoms with Crippen molar-refractivity contribution >= 4 is 31.5 Å². The third-order valence-electron chi connectivity index (χ3n) is 8.71. The summed E-state index contributed by atoms with van der Waals surface area (Å²) in [7, 11) is 0. The van der Waals surface area contributed by atoms with Gasteiger partial charge in [0.1, 0.15) is 0 Å². The van der Waals surface area contributed by atoms with Crippen molar-refractivity contribution in [3.8, 4) is 33.4 Å². The Labute approximate surface area is 225 Å². The quantitative estimate of drug-likeness (QED) is 0.195. The number of rotatable bonds is 0. The molecule has 0 radical (unpaired) electrons. The van der Waals surface area contributed by atoms with Gasteiger partial charge in [0.05, 0.1) is 5.41 Å². The van der Waals surface area contributed by atoms with Gasteiger partial charge in [-0.05, 0) is 73.8 Å². The summed E-state index contributed by atoms with van der Waals surface area (Å²) in [6.45, 7) is 0. The van der Waals surface area contributed by atoms with Gasteiger partial charge < -0.3 is 0 Å². The van der Waals surface area contributed by atoms with Crippen LogP contribution in [0.15, 0.2) is 133 Å². The number of hydrogen-bond acceptors (Lipinski definition) is 1. The van der Waals surface area contributed by atoms with Crippen molar-refractivity contribution in [2.75, 3.05) is 0 Å². The second kappa shape index (κ2) is 7.31. The van der Waals surface area contributed by atoms with Crippen LogP contribution in [-0.2, 0) is 5.41 Å². The van der Waals surface area contributed by atoms with Gasteiger partial charge in [-0.15, -0.1) is 11.3 Å². The summed E-state index contributed by atoms with van der Waals surface area (Å²) < 4.78 is 2.71. The maximum Gasteiger partial charge on any atom is 0.0725 e. The molecular formula is C37H22S. The summed E-state index contributed by atoms with van der Waals surface area (Å²) in [6, 6.07) is 50.1. The highest BCUT2D eigenvalue weighted by molar-refractivity contribution is 7.25. The average Bonchev–Trinajstić information content (AvgIpc) is 3.45. The molecule has 0 atom stereocenters. The molecule has 2 aliphatic rings. The Balaban J connectivity index is 1.55. The summed E-state index contributed by atoms with van der Waals surface area (Å²) in [6.07, 6.45) is 0. The predicted octanol–water partition coefficient (Wildman–Crippen LogP) is 10.1. The van der Waals surface area contributed by atoms with Crippen molar-refractivity contribution in [2.45, 2.75) is 5.41 Å². The Kier molecular flexibility index (Phi) is 3.96. The van der Waals surface area contributed by atoms with Crippen molar-refractivity contribution in [1.82, 2.24) is 0 Å². The minimum absolute atomic E-state index is 0.407. The van der Waals surface area contributed by atoms with E-state index < -0.39 is 5.41 Å². The topological polar surface area (TPSA) is 0 Å². The average molecular weight is 499 g/mol. The molecule has 7 aromatic rings. The van der Waals surface area contributed by atoms with Crippen LogP contribution in [0.2, 0.25) is 0 Å². The van der Waals surface area contributed by atoms with Gasteiger partial charge in [-0.2, -0.15) is 0 Å². The molecule has 0 saturated heterocycles. The summed E-state index contributed by atoms with van der Waals surface area (Å²) >= 11 is 1.90. The van der Waals surface area contributed by atoms with Gasteiger partial charge in [0.2, 0.25) is 0 Å². The molecule has 0 N–H and O–H groups in total. The smallest absolute Gasteiger partial charge is 0.0725 e.